The molecule has 4 rings (SSSR count). The van der Waals surface area contributed by atoms with Crippen LogP contribution in [0.3, 0.4) is 0 Å². The highest BCUT2D eigenvalue weighted by Gasteiger charge is 2.44. The first kappa shape index (κ1) is 24.8. The fourth-order valence-corrected chi connectivity index (χ4v) is 4.37. The minimum absolute atomic E-state index is 0.0467. The van der Waals surface area contributed by atoms with E-state index in [4.69, 9.17) is 14.2 Å². The van der Waals surface area contributed by atoms with E-state index in [9.17, 15) is 19.1 Å². The summed E-state index contributed by atoms with van der Waals surface area (Å²) in [6.07, 6.45) is 0.512. The van der Waals surface area contributed by atoms with Gasteiger partial charge in [0.15, 0.2) is 23.0 Å². The molecule has 0 saturated heterocycles. The van der Waals surface area contributed by atoms with Crippen LogP contribution >= 0.6 is 0 Å². The maximum Gasteiger partial charge on any atom is 0.294 e. The molecule has 1 unspecified atom stereocenters. The average molecular weight is 492 g/mol. The first-order chi connectivity index (χ1) is 17.4. The number of rotatable bonds is 9. The third kappa shape index (κ3) is 4.62. The molecule has 0 fully saturated rings. The van der Waals surface area contributed by atoms with Gasteiger partial charge in [0, 0.05) is 12.1 Å². The van der Waals surface area contributed by atoms with Gasteiger partial charge in [-0.2, -0.15) is 0 Å². The van der Waals surface area contributed by atoms with E-state index >= 15 is 0 Å². The van der Waals surface area contributed by atoms with Crippen molar-refractivity contribution in [3.8, 4) is 17.2 Å². The van der Waals surface area contributed by atoms with Gasteiger partial charge in [-0.3, -0.25) is 14.5 Å². The Bertz CT molecular complexity index is 1280. The quantitative estimate of drug-likeness (QED) is 0.456. The smallest absolute Gasteiger partial charge is 0.294 e. The minimum Gasteiger partial charge on any atom is -0.503 e. The second kappa shape index (κ2) is 10.5. The van der Waals surface area contributed by atoms with Gasteiger partial charge in [-0.05, 0) is 53.9 Å². The molecule has 8 heteroatoms. The molecule has 1 N–H and O–H groups in total. The fourth-order valence-electron chi connectivity index (χ4n) is 4.37. The SMILES string of the molecule is COc1cc(C2C(C(=O)CCc3ccccc3)=C(O)C(=O)N2c2ccc(F)cc2)cc(OC)c1OC. The third-order valence-corrected chi connectivity index (χ3v) is 6.10. The molecule has 1 amide bonds. The van der Waals surface area contributed by atoms with E-state index in [0.717, 1.165) is 5.56 Å². The summed E-state index contributed by atoms with van der Waals surface area (Å²) in [6, 6.07) is 17.0. The summed E-state index contributed by atoms with van der Waals surface area (Å²) in [5, 5.41) is 10.9. The van der Waals surface area contributed by atoms with Gasteiger partial charge >= 0.3 is 0 Å². The Morgan fingerprint density at radius 3 is 2.11 bits per heavy atom. The molecule has 1 aliphatic rings. The number of anilines is 1. The number of amides is 1. The monoisotopic (exact) mass is 491 g/mol. The van der Waals surface area contributed by atoms with E-state index in [1.54, 1.807) is 12.1 Å². The molecule has 1 heterocycles. The molecule has 0 radical (unpaired) electrons. The van der Waals surface area contributed by atoms with Crippen LogP contribution in [-0.4, -0.2) is 38.1 Å². The normalized spacial score (nSPS) is 15.3. The number of carbonyl (C=O) groups is 2. The Balaban J connectivity index is 1.82. The van der Waals surface area contributed by atoms with Crippen molar-refractivity contribution in [2.24, 2.45) is 0 Å². The number of benzene rings is 3. The number of nitrogens with zero attached hydrogens (tertiary/aromatic N) is 1. The van der Waals surface area contributed by atoms with Gasteiger partial charge in [0.2, 0.25) is 5.75 Å². The van der Waals surface area contributed by atoms with E-state index in [0.29, 0.717) is 34.9 Å². The molecule has 0 saturated carbocycles. The number of carbonyl (C=O) groups excluding carboxylic acids is 2. The van der Waals surface area contributed by atoms with Crippen molar-refractivity contribution in [3.63, 3.8) is 0 Å². The first-order valence-corrected chi connectivity index (χ1v) is 11.3. The molecular formula is C28H26FNO6. The Morgan fingerprint density at radius 2 is 1.56 bits per heavy atom. The van der Waals surface area contributed by atoms with Crippen LogP contribution in [0.4, 0.5) is 10.1 Å². The Morgan fingerprint density at radius 1 is 0.944 bits per heavy atom. The van der Waals surface area contributed by atoms with Crippen LogP contribution in [0.25, 0.3) is 0 Å². The topological polar surface area (TPSA) is 85.3 Å². The molecule has 0 spiro atoms. The van der Waals surface area contributed by atoms with Crippen molar-refractivity contribution >= 4 is 17.4 Å². The highest BCUT2D eigenvalue weighted by atomic mass is 19.1. The van der Waals surface area contributed by atoms with Crippen molar-refractivity contribution < 1.29 is 33.3 Å². The van der Waals surface area contributed by atoms with Gasteiger partial charge in [-0.15, -0.1) is 0 Å². The Hall–Kier alpha value is -4.33. The minimum atomic E-state index is -1.00. The molecule has 3 aromatic carbocycles. The zero-order valence-electron chi connectivity index (χ0n) is 20.2. The second-order valence-corrected chi connectivity index (χ2v) is 8.18. The largest absolute Gasteiger partial charge is 0.503 e. The van der Waals surface area contributed by atoms with Crippen LogP contribution in [0.1, 0.15) is 23.6 Å². The third-order valence-electron chi connectivity index (χ3n) is 6.10. The molecule has 0 aliphatic carbocycles. The number of methoxy groups -OCH3 is 3. The molecular weight excluding hydrogens is 465 g/mol. The van der Waals surface area contributed by atoms with Crippen molar-refractivity contribution in [2.45, 2.75) is 18.9 Å². The van der Waals surface area contributed by atoms with Crippen LogP contribution in [0.15, 0.2) is 78.1 Å². The highest BCUT2D eigenvalue weighted by molar-refractivity contribution is 6.16. The zero-order chi connectivity index (χ0) is 25.8. The number of Topliss-reactive ketones (excluding diaryl/α,β-unsaturated/α-hetero) is 1. The fraction of sp³-hybridized carbons (Fsp3) is 0.214. The number of ketones is 1. The summed E-state index contributed by atoms with van der Waals surface area (Å²) < 4.78 is 30.0. The predicted octanol–water partition coefficient (Wildman–Crippen LogP) is 4.95. The van der Waals surface area contributed by atoms with Crippen molar-refractivity contribution in [3.05, 3.63) is 95.0 Å². The van der Waals surface area contributed by atoms with E-state index in [1.807, 2.05) is 30.3 Å². The number of ether oxygens (including phenoxy) is 3. The van der Waals surface area contributed by atoms with Crippen LogP contribution in [-0.2, 0) is 16.0 Å². The summed E-state index contributed by atoms with van der Waals surface area (Å²) in [5.74, 6) is -1.29. The van der Waals surface area contributed by atoms with Gasteiger partial charge in [-0.25, -0.2) is 4.39 Å². The molecule has 3 aromatic rings. The van der Waals surface area contributed by atoms with Gasteiger partial charge in [-0.1, -0.05) is 30.3 Å². The summed E-state index contributed by atoms with van der Waals surface area (Å²) in [7, 11) is 4.38. The number of aliphatic hydroxyl groups excluding tert-OH is 1. The summed E-state index contributed by atoms with van der Waals surface area (Å²) in [4.78, 5) is 28.0. The molecule has 7 nitrogen and oxygen atoms in total. The Labute approximate surface area is 208 Å². The maximum atomic E-state index is 13.7. The van der Waals surface area contributed by atoms with Crippen molar-refractivity contribution in [2.75, 3.05) is 26.2 Å². The standard InChI is InChI=1S/C28H26FNO6/c1-34-22-15-18(16-23(35-2)27(22)36-3)25-24(21(31)14-9-17-7-5-4-6-8-17)26(32)28(33)30(25)20-12-10-19(29)11-13-20/h4-8,10-13,15-16,25,32H,9,14H2,1-3H3. The van der Waals surface area contributed by atoms with Crippen LogP contribution < -0.4 is 19.1 Å². The second-order valence-electron chi connectivity index (χ2n) is 8.18. The lowest BCUT2D eigenvalue weighted by Crippen LogP contribution is -2.31. The summed E-state index contributed by atoms with van der Waals surface area (Å²) in [6.45, 7) is 0. The number of aryl methyl sites for hydroxylation is 1. The van der Waals surface area contributed by atoms with E-state index in [2.05, 4.69) is 0 Å². The van der Waals surface area contributed by atoms with Gasteiger partial charge in [0.05, 0.1) is 32.9 Å². The van der Waals surface area contributed by atoms with E-state index in [-0.39, 0.29) is 17.8 Å². The van der Waals surface area contributed by atoms with Crippen LogP contribution in [0.2, 0.25) is 0 Å². The number of halogens is 1. The lowest BCUT2D eigenvalue weighted by molar-refractivity contribution is -0.118. The van der Waals surface area contributed by atoms with Gasteiger partial charge in [0.25, 0.3) is 5.91 Å². The van der Waals surface area contributed by atoms with E-state index in [1.165, 1.54) is 50.5 Å². The number of aliphatic hydroxyl groups is 1. The first-order valence-electron chi connectivity index (χ1n) is 11.3. The lowest BCUT2D eigenvalue weighted by Gasteiger charge is -2.28. The zero-order valence-corrected chi connectivity index (χ0v) is 20.2. The molecule has 1 aliphatic heterocycles. The molecule has 186 valence electrons. The number of hydrogen-bond acceptors (Lipinski definition) is 6. The highest BCUT2D eigenvalue weighted by Crippen LogP contribution is 2.46. The van der Waals surface area contributed by atoms with Crippen molar-refractivity contribution in [1.29, 1.82) is 0 Å². The van der Waals surface area contributed by atoms with Gasteiger partial charge in [0.1, 0.15) is 5.82 Å². The molecule has 0 bridgehead atoms. The summed E-state index contributed by atoms with van der Waals surface area (Å²) >= 11 is 0. The van der Waals surface area contributed by atoms with Gasteiger partial charge < -0.3 is 19.3 Å². The average Bonchev–Trinajstić information content (AvgIpc) is 3.17. The van der Waals surface area contributed by atoms with E-state index < -0.39 is 23.5 Å². The maximum absolute atomic E-state index is 13.7. The molecule has 0 aromatic heterocycles. The number of hydrogen-bond donors (Lipinski definition) is 1. The van der Waals surface area contributed by atoms with Crippen LogP contribution in [0, 0.1) is 5.82 Å². The van der Waals surface area contributed by atoms with Crippen LogP contribution in [0.5, 0.6) is 17.2 Å². The molecule has 1 atom stereocenters. The Kier molecular flexibility index (Phi) is 7.24. The predicted molar refractivity (Wildman–Crippen MR) is 132 cm³/mol. The van der Waals surface area contributed by atoms with Crippen molar-refractivity contribution in [1.82, 2.24) is 0 Å². The lowest BCUT2D eigenvalue weighted by atomic mass is 9.92. The summed E-state index contributed by atoms with van der Waals surface area (Å²) in [5.41, 5.74) is 1.68. The molecule has 36 heavy (non-hydrogen) atoms.